The fourth-order valence-electron chi connectivity index (χ4n) is 1.36. The van der Waals surface area contributed by atoms with E-state index in [1.54, 1.807) is 6.07 Å². The molecule has 0 bridgehead atoms. The van der Waals surface area contributed by atoms with Crippen LogP contribution in [-0.2, 0) is 11.2 Å². The summed E-state index contributed by atoms with van der Waals surface area (Å²) in [5.74, 6) is -0.626. The minimum absolute atomic E-state index is 0.0557. The van der Waals surface area contributed by atoms with Crippen molar-refractivity contribution in [3.05, 3.63) is 29.3 Å². The predicted molar refractivity (Wildman–Crippen MR) is 55.1 cm³/mol. The third-order valence-corrected chi connectivity index (χ3v) is 2.13. The number of aliphatic hydroxyl groups excluding tert-OH is 1. The highest BCUT2D eigenvalue weighted by molar-refractivity contribution is 5.72. The zero-order valence-electron chi connectivity index (χ0n) is 8.73. The molecule has 4 nitrogen and oxygen atoms in total. The van der Waals surface area contributed by atoms with Crippen LogP contribution in [0.25, 0.3) is 0 Å². The SMILES string of the molecule is COc1ccc(C)cc1C[C@@H](O)C(=O)O. The molecular formula is C11H14O4. The number of aliphatic carboxylic acids is 1. The van der Waals surface area contributed by atoms with Crippen LogP contribution < -0.4 is 4.74 Å². The van der Waals surface area contributed by atoms with Crippen molar-refractivity contribution in [1.82, 2.24) is 0 Å². The molecule has 2 N–H and O–H groups in total. The fourth-order valence-corrected chi connectivity index (χ4v) is 1.36. The van der Waals surface area contributed by atoms with E-state index in [0.29, 0.717) is 11.3 Å². The van der Waals surface area contributed by atoms with E-state index >= 15 is 0 Å². The highest BCUT2D eigenvalue weighted by Gasteiger charge is 2.16. The van der Waals surface area contributed by atoms with Gasteiger partial charge in [0.05, 0.1) is 7.11 Å². The molecule has 0 fully saturated rings. The molecule has 0 unspecified atom stereocenters. The second kappa shape index (κ2) is 4.79. The van der Waals surface area contributed by atoms with Crippen molar-refractivity contribution < 1.29 is 19.7 Å². The molecule has 0 radical (unpaired) electrons. The highest BCUT2D eigenvalue weighted by Crippen LogP contribution is 2.21. The van der Waals surface area contributed by atoms with Gasteiger partial charge in [0.1, 0.15) is 5.75 Å². The van der Waals surface area contributed by atoms with E-state index in [-0.39, 0.29) is 6.42 Å². The van der Waals surface area contributed by atoms with Crippen LogP contribution in [-0.4, -0.2) is 29.4 Å². The van der Waals surface area contributed by atoms with Gasteiger partial charge in [-0.3, -0.25) is 0 Å². The summed E-state index contributed by atoms with van der Waals surface area (Å²) in [6, 6.07) is 5.44. The normalized spacial score (nSPS) is 12.2. The van der Waals surface area contributed by atoms with E-state index in [2.05, 4.69) is 0 Å². The minimum atomic E-state index is -1.39. The lowest BCUT2D eigenvalue weighted by molar-refractivity contribution is -0.146. The van der Waals surface area contributed by atoms with Crippen molar-refractivity contribution >= 4 is 5.97 Å². The van der Waals surface area contributed by atoms with Gasteiger partial charge in [0.25, 0.3) is 0 Å². The lowest BCUT2D eigenvalue weighted by atomic mass is 10.0. The number of carboxylic acid groups (broad SMARTS) is 1. The van der Waals surface area contributed by atoms with Gasteiger partial charge in [0, 0.05) is 6.42 Å². The quantitative estimate of drug-likeness (QED) is 0.777. The van der Waals surface area contributed by atoms with E-state index < -0.39 is 12.1 Å². The molecule has 1 atom stereocenters. The monoisotopic (exact) mass is 210 g/mol. The molecule has 1 aromatic rings. The Morgan fingerprint density at radius 3 is 2.73 bits per heavy atom. The van der Waals surface area contributed by atoms with Crippen molar-refractivity contribution in [3.8, 4) is 5.75 Å². The Kier molecular flexibility index (Phi) is 3.68. The zero-order valence-corrected chi connectivity index (χ0v) is 8.73. The lowest BCUT2D eigenvalue weighted by Gasteiger charge is -2.11. The molecule has 0 aliphatic carbocycles. The summed E-state index contributed by atoms with van der Waals surface area (Å²) >= 11 is 0. The number of hydrogen-bond donors (Lipinski definition) is 2. The van der Waals surface area contributed by atoms with Gasteiger partial charge in [-0.1, -0.05) is 17.7 Å². The first-order valence-electron chi connectivity index (χ1n) is 4.59. The van der Waals surface area contributed by atoms with Gasteiger partial charge in [-0.15, -0.1) is 0 Å². The van der Waals surface area contributed by atoms with E-state index in [4.69, 9.17) is 9.84 Å². The van der Waals surface area contributed by atoms with Crippen molar-refractivity contribution in [3.63, 3.8) is 0 Å². The summed E-state index contributed by atoms with van der Waals surface area (Å²) in [4.78, 5) is 10.5. The van der Waals surface area contributed by atoms with Crippen LogP contribution in [0.15, 0.2) is 18.2 Å². The molecule has 0 heterocycles. The molecule has 0 aliphatic rings. The molecule has 0 aromatic heterocycles. The van der Waals surface area contributed by atoms with Crippen LogP contribution in [0.5, 0.6) is 5.75 Å². The van der Waals surface area contributed by atoms with Gasteiger partial charge in [-0.2, -0.15) is 0 Å². The van der Waals surface area contributed by atoms with E-state index in [1.165, 1.54) is 7.11 Å². The zero-order chi connectivity index (χ0) is 11.4. The number of aliphatic hydroxyl groups is 1. The van der Waals surface area contributed by atoms with Crippen LogP contribution in [0.2, 0.25) is 0 Å². The minimum Gasteiger partial charge on any atom is -0.496 e. The van der Waals surface area contributed by atoms with Crippen molar-refractivity contribution in [2.75, 3.05) is 7.11 Å². The van der Waals surface area contributed by atoms with Crippen molar-refractivity contribution in [1.29, 1.82) is 0 Å². The summed E-state index contributed by atoms with van der Waals surface area (Å²) in [6.45, 7) is 1.90. The Balaban J connectivity index is 2.91. The maximum absolute atomic E-state index is 10.5. The fraction of sp³-hybridized carbons (Fsp3) is 0.364. The Morgan fingerprint density at radius 1 is 1.53 bits per heavy atom. The summed E-state index contributed by atoms with van der Waals surface area (Å²) < 4.78 is 5.08. The molecular weight excluding hydrogens is 196 g/mol. The number of aryl methyl sites for hydroxylation is 1. The Morgan fingerprint density at radius 2 is 2.20 bits per heavy atom. The smallest absolute Gasteiger partial charge is 0.332 e. The van der Waals surface area contributed by atoms with Crippen LogP contribution in [0.1, 0.15) is 11.1 Å². The first-order chi connectivity index (χ1) is 7.04. The number of hydrogen-bond acceptors (Lipinski definition) is 3. The lowest BCUT2D eigenvalue weighted by Crippen LogP contribution is -2.22. The van der Waals surface area contributed by atoms with Crippen molar-refractivity contribution in [2.24, 2.45) is 0 Å². The summed E-state index contributed by atoms with van der Waals surface area (Å²) in [5.41, 5.74) is 1.70. The molecule has 4 heteroatoms. The Hall–Kier alpha value is -1.55. The first-order valence-corrected chi connectivity index (χ1v) is 4.59. The predicted octanol–water partition coefficient (Wildman–Crippen LogP) is 0.992. The molecule has 1 rings (SSSR count). The largest absolute Gasteiger partial charge is 0.496 e. The topological polar surface area (TPSA) is 66.8 Å². The van der Waals surface area contributed by atoms with Gasteiger partial charge in [0.2, 0.25) is 0 Å². The Labute approximate surface area is 88.1 Å². The van der Waals surface area contributed by atoms with E-state index in [1.807, 2.05) is 19.1 Å². The Bertz CT molecular complexity index is 360. The average molecular weight is 210 g/mol. The number of rotatable bonds is 4. The summed E-state index contributed by atoms with van der Waals surface area (Å²) in [6.07, 6.45) is -1.33. The molecule has 82 valence electrons. The maximum atomic E-state index is 10.5. The van der Waals surface area contributed by atoms with Crippen LogP contribution in [0, 0.1) is 6.92 Å². The molecule has 0 aliphatic heterocycles. The molecule has 0 saturated heterocycles. The van der Waals surface area contributed by atoms with E-state index in [0.717, 1.165) is 5.56 Å². The average Bonchev–Trinajstić information content (AvgIpc) is 2.18. The molecule has 15 heavy (non-hydrogen) atoms. The highest BCUT2D eigenvalue weighted by atomic mass is 16.5. The second-order valence-electron chi connectivity index (χ2n) is 3.37. The van der Waals surface area contributed by atoms with Gasteiger partial charge in [0.15, 0.2) is 6.10 Å². The third kappa shape index (κ3) is 2.95. The summed E-state index contributed by atoms with van der Waals surface area (Å²) in [5, 5.41) is 17.8. The maximum Gasteiger partial charge on any atom is 0.332 e. The summed E-state index contributed by atoms with van der Waals surface area (Å²) in [7, 11) is 1.52. The number of benzene rings is 1. The van der Waals surface area contributed by atoms with Gasteiger partial charge >= 0.3 is 5.97 Å². The van der Waals surface area contributed by atoms with Crippen LogP contribution in [0.4, 0.5) is 0 Å². The van der Waals surface area contributed by atoms with E-state index in [9.17, 15) is 9.90 Å². The van der Waals surface area contributed by atoms with Crippen LogP contribution in [0.3, 0.4) is 0 Å². The number of carboxylic acids is 1. The molecule has 1 aromatic carbocycles. The third-order valence-electron chi connectivity index (χ3n) is 2.13. The molecule has 0 saturated carbocycles. The number of carbonyl (C=O) groups is 1. The van der Waals surface area contributed by atoms with Crippen LogP contribution >= 0.6 is 0 Å². The van der Waals surface area contributed by atoms with Gasteiger partial charge < -0.3 is 14.9 Å². The molecule has 0 amide bonds. The number of ether oxygens (including phenoxy) is 1. The molecule has 0 spiro atoms. The van der Waals surface area contributed by atoms with Crippen molar-refractivity contribution in [2.45, 2.75) is 19.4 Å². The van der Waals surface area contributed by atoms with Gasteiger partial charge in [-0.05, 0) is 18.6 Å². The standard InChI is InChI=1S/C11H14O4/c1-7-3-4-10(15-2)8(5-7)6-9(12)11(13)14/h3-5,9,12H,6H2,1-2H3,(H,13,14)/t9-/m1/s1. The van der Waals surface area contributed by atoms with Gasteiger partial charge in [-0.25, -0.2) is 4.79 Å². The second-order valence-corrected chi connectivity index (χ2v) is 3.37. The number of methoxy groups -OCH3 is 1. The first kappa shape index (κ1) is 11.5.